The Balaban J connectivity index is 1.72. The zero-order valence-corrected chi connectivity index (χ0v) is 11.3. The maximum absolute atomic E-state index is 8.70. The smallest absolute Gasteiger partial charge is 0.0931 e. The Kier molecular flexibility index (Phi) is 5.25. The number of thiophene rings is 1. The highest BCUT2D eigenvalue weighted by Crippen LogP contribution is 2.24. The first-order valence-corrected chi connectivity index (χ1v) is 7.16. The van der Waals surface area contributed by atoms with Crippen molar-refractivity contribution < 1.29 is 9.84 Å². The van der Waals surface area contributed by atoms with Crippen LogP contribution in [0.3, 0.4) is 0 Å². The average Bonchev–Trinajstić information content (AvgIpc) is 2.74. The maximum atomic E-state index is 8.70. The molecule has 5 heteroatoms. The lowest BCUT2D eigenvalue weighted by molar-refractivity contribution is -0.00886. The zero-order valence-electron chi connectivity index (χ0n) is 9.77. The predicted molar refractivity (Wildman–Crippen MR) is 70.7 cm³/mol. The molecular weight excluding hydrogens is 258 g/mol. The van der Waals surface area contributed by atoms with E-state index in [1.165, 1.54) is 4.88 Å². The van der Waals surface area contributed by atoms with Crippen molar-refractivity contribution in [3.05, 3.63) is 21.3 Å². The Bertz CT molecular complexity index is 337. The van der Waals surface area contributed by atoms with Crippen molar-refractivity contribution >= 4 is 22.9 Å². The number of nitrogens with zero attached hydrogens (tertiary/aromatic N) is 1. The van der Waals surface area contributed by atoms with Crippen molar-refractivity contribution in [1.82, 2.24) is 4.90 Å². The van der Waals surface area contributed by atoms with Crippen molar-refractivity contribution in [2.75, 3.05) is 26.3 Å². The van der Waals surface area contributed by atoms with Gasteiger partial charge in [0, 0.05) is 24.5 Å². The Hall–Kier alpha value is -0.130. The zero-order chi connectivity index (χ0) is 12.1. The average molecular weight is 276 g/mol. The molecule has 0 unspecified atom stereocenters. The Morgan fingerprint density at radius 1 is 1.41 bits per heavy atom. The minimum absolute atomic E-state index is 0.119. The molecule has 1 aromatic rings. The lowest BCUT2D eigenvalue weighted by Gasteiger charge is -2.31. The van der Waals surface area contributed by atoms with Crippen LogP contribution in [0, 0.1) is 0 Å². The van der Waals surface area contributed by atoms with Crippen LogP contribution in [-0.4, -0.2) is 42.4 Å². The molecule has 0 atom stereocenters. The van der Waals surface area contributed by atoms with Gasteiger partial charge in [0.1, 0.15) is 0 Å². The first-order chi connectivity index (χ1) is 8.28. The molecule has 17 heavy (non-hydrogen) atoms. The monoisotopic (exact) mass is 275 g/mol. The summed E-state index contributed by atoms with van der Waals surface area (Å²) in [5.74, 6) is 0. The van der Waals surface area contributed by atoms with Gasteiger partial charge in [0.2, 0.25) is 0 Å². The van der Waals surface area contributed by atoms with Gasteiger partial charge in [-0.15, -0.1) is 11.3 Å². The number of piperidine rings is 1. The van der Waals surface area contributed by atoms with Gasteiger partial charge in [-0.25, -0.2) is 0 Å². The third kappa shape index (κ3) is 4.23. The second-order valence-electron chi connectivity index (χ2n) is 4.28. The van der Waals surface area contributed by atoms with E-state index in [9.17, 15) is 0 Å². The SMILES string of the molecule is OCCOC1CCN(Cc2ccc(Cl)s2)CC1. The van der Waals surface area contributed by atoms with Crippen LogP contribution < -0.4 is 0 Å². The minimum atomic E-state index is 0.119. The van der Waals surface area contributed by atoms with Gasteiger partial charge in [-0.05, 0) is 25.0 Å². The van der Waals surface area contributed by atoms with E-state index in [1.807, 2.05) is 6.07 Å². The van der Waals surface area contributed by atoms with E-state index in [0.29, 0.717) is 12.7 Å². The maximum Gasteiger partial charge on any atom is 0.0931 e. The molecule has 1 aliphatic rings. The summed E-state index contributed by atoms with van der Waals surface area (Å²) in [6.45, 7) is 3.69. The normalized spacial score (nSPS) is 18.7. The standard InChI is InChI=1S/C12H18ClNO2S/c13-12-2-1-11(17-12)9-14-5-3-10(4-6-14)16-8-7-15/h1-2,10,15H,3-9H2. The fourth-order valence-electron chi connectivity index (χ4n) is 2.11. The summed E-state index contributed by atoms with van der Waals surface area (Å²) in [5.41, 5.74) is 0. The summed E-state index contributed by atoms with van der Waals surface area (Å²) >= 11 is 7.57. The second-order valence-corrected chi connectivity index (χ2v) is 6.08. The fourth-order valence-corrected chi connectivity index (χ4v) is 3.24. The van der Waals surface area contributed by atoms with E-state index in [2.05, 4.69) is 11.0 Å². The molecule has 1 aliphatic heterocycles. The number of rotatable bonds is 5. The number of likely N-dealkylation sites (tertiary alicyclic amines) is 1. The van der Waals surface area contributed by atoms with Crippen LogP contribution in [-0.2, 0) is 11.3 Å². The van der Waals surface area contributed by atoms with Gasteiger partial charge in [-0.1, -0.05) is 11.6 Å². The van der Waals surface area contributed by atoms with E-state index < -0.39 is 0 Å². The van der Waals surface area contributed by atoms with Crippen molar-refractivity contribution in [2.24, 2.45) is 0 Å². The summed E-state index contributed by atoms with van der Waals surface area (Å²) in [7, 11) is 0. The summed E-state index contributed by atoms with van der Waals surface area (Å²) in [6.07, 6.45) is 2.43. The molecule has 1 fully saturated rings. The number of ether oxygens (including phenoxy) is 1. The fraction of sp³-hybridized carbons (Fsp3) is 0.667. The van der Waals surface area contributed by atoms with E-state index in [1.54, 1.807) is 11.3 Å². The van der Waals surface area contributed by atoms with Gasteiger partial charge in [0.25, 0.3) is 0 Å². The summed E-state index contributed by atoms with van der Waals surface area (Å²) < 4.78 is 6.40. The molecule has 0 bridgehead atoms. The molecule has 0 saturated carbocycles. The van der Waals surface area contributed by atoms with Crippen LogP contribution in [0.2, 0.25) is 4.34 Å². The Morgan fingerprint density at radius 3 is 2.76 bits per heavy atom. The molecule has 0 aromatic carbocycles. The molecule has 0 radical (unpaired) electrons. The highest BCUT2D eigenvalue weighted by atomic mass is 35.5. The number of halogens is 1. The number of hydrogen-bond acceptors (Lipinski definition) is 4. The quantitative estimate of drug-likeness (QED) is 0.896. The predicted octanol–water partition coefficient (Wildman–Crippen LogP) is 2.37. The first-order valence-electron chi connectivity index (χ1n) is 5.97. The second kappa shape index (κ2) is 6.71. The molecule has 96 valence electrons. The molecule has 2 heterocycles. The molecule has 1 saturated heterocycles. The van der Waals surface area contributed by atoms with Crippen molar-refractivity contribution in [1.29, 1.82) is 0 Å². The van der Waals surface area contributed by atoms with E-state index >= 15 is 0 Å². The number of aliphatic hydroxyl groups excluding tert-OH is 1. The largest absolute Gasteiger partial charge is 0.394 e. The van der Waals surface area contributed by atoms with E-state index in [-0.39, 0.29) is 6.61 Å². The van der Waals surface area contributed by atoms with Crippen LogP contribution in [0.15, 0.2) is 12.1 Å². The lowest BCUT2D eigenvalue weighted by Crippen LogP contribution is -2.36. The van der Waals surface area contributed by atoms with Crippen molar-refractivity contribution in [3.8, 4) is 0 Å². The summed E-state index contributed by atoms with van der Waals surface area (Å²) in [5, 5.41) is 8.70. The van der Waals surface area contributed by atoms with Gasteiger partial charge >= 0.3 is 0 Å². The van der Waals surface area contributed by atoms with Crippen LogP contribution >= 0.6 is 22.9 Å². The number of aliphatic hydroxyl groups is 1. The molecular formula is C12H18ClNO2S. The lowest BCUT2D eigenvalue weighted by atomic mass is 10.1. The van der Waals surface area contributed by atoms with Gasteiger partial charge < -0.3 is 9.84 Å². The third-order valence-electron chi connectivity index (χ3n) is 2.99. The minimum Gasteiger partial charge on any atom is -0.394 e. The van der Waals surface area contributed by atoms with E-state index in [4.69, 9.17) is 21.4 Å². The molecule has 2 rings (SSSR count). The van der Waals surface area contributed by atoms with E-state index in [0.717, 1.165) is 36.8 Å². The third-order valence-corrected chi connectivity index (χ3v) is 4.20. The molecule has 1 aromatic heterocycles. The summed E-state index contributed by atoms with van der Waals surface area (Å²) in [4.78, 5) is 3.76. The Labute approximate surface area is 111 Å². The van der Waals surface area contributed by atoms with Crippen molar-refractivity contribution in [2.45, 2.75) is 25.5 Å². The van der Waals surface area contributed by atoms with Crippen LogP contribution in [0.25, 0.3) is 0 Å². The van der Waals surface area contributed by atoms with Crippen LogP contribution in [0.5, 0.6) is 0 Å². The van der Waals surface area contributed by atoms with Crippen LogP contribution in [0.4, 0.5) is 0 Å². The topological polar surface area (TPSA) is 32.7 Å². The molecule has 0 spiro atoms. The van der Waals surface area contributed by atoms with Gasteiger partial charge in [0.05, 0.1) is 23.7 Å². The molecule has 1 N–H and O–H groups in total. The molecule has 0 aliphatic carbocycles. The number of hydrogen-bond donors (Lipinski definition) is 1. The highest BCUT2D eigenvalue weighted by molar-refractivity contribution is 7.16. The van der Waals surface area contributed by atoms with Gasteiger partial charge in [0.15, 0.2) is 0 Å². The Morgan fingerprint density at radius 2 is 2.18 bits per heavy atom. The highest BCUT2D eigenvalue weighted by Gasteiger charge is 2.19. The summed E-state index contributed by atoms with van der Waals surface area (Å²) in [6, 6.07) is 4.06. The molecule has 3 nitrogen and oxygen atoms in total. The molecule has 0 amide bonds. The van der Waals surface area contributed by atoms with Gasteiger partial charge in [-0.3, -0.25) is 4.90 Å². The first kappa shape index (κ1) is 13.3. The van der Waals surface area contributed by atoms with Crippen molar-refractivity contribution in [3.63, 3.8) is 0 Å². The van der Waals surface area contributed by atoms with Gasteiger partial charge in [-0.2, -0.15) is 0 Å². The van der Waals surface area contributed by atoms with Crippen LogP contribution in [0.1, 0.15) is 17.7 Å².